The molecule has 0 radical (unpaired) electrons. The van der Waals surface area contributed by atoms with E-state index in [1.165, 1.54) is 0 Å². The van der Waals surface area contributed by atoms with Crippen molar-refractivity contribution in [3.63, 3.8) is 0 Å². The smallest absolute Gasteiger partial charge is 0.137 e. The van der Waals surface area contributed by atoms with Crippen molar-refractivity contribution in [3.8, 4) is 11.8 Å². The molecule has 110 valence electrons. The van der Waals surface area contributed by atoms with Gasteiger partial charge in [-0.25, -0.2) is 0 Å². The highest BCUT2D eigenvalue weighted by Gasteiger charge is 2.09. The average molecular weight is 286 g/mol. The Morgan fingerprint density at radius 1 is 1.48 bits per heavy atom. The third-order valence-electron chi connectivity index (χ3n) is 2.98. The van der Waals surface area contributed by atoms with Gasteiger partial charge in [-0.3, -0.25) is 4.68 Å². The van der Waals surface area contributed by atoms with E-state index >= 15 is 0 Å². The molecule has 0 fully saturated rings. The van der Waals surface area contributed by atoms with Crippen LogP contribution in [0.5, 0.6) is 5.75 Å². The highest BCUT2D eigenvalue weighted by Crippen LogP contribution is 2.17. The number of nitriles is 1. The van der Waals surface area contributed by atoms with E-state index in [4.69, 9.17) is 10.00 Å². The van der Waals surface area contributed by atoms with E-state index < -0.39 is 6.10 Å². The second-order valence-electron chi connectivity index (χ2n) is 4.76. The van der Waals surface area contributed by atoms with Crippen molar-refractivity contribution in [3.05, 3.63) is 41.7 Å². The molecule has 1 heterocycles. The molecular weight excluding hydrogens is 268 g/mol. The van der Waals surface area contributed by atoms with Crippen LogP contribution in [0, 0.1) is 18.3 Å². The summed E-state index contributed by atoms with van der Waals surface area (Å²) < 4.78 is 7.19. The highest BCUT2D eigenvalue weighted by molar-refractivity contribution is 5.45. The minimum absolute atomic E-state index is 0.116. The number of aromatic nitrogens is 2. The van der Waals surface area contributed by atoms with Crippen molar-refractivity contribution in [2.24, 2.45) is 7.05 Å². The zero-order valence-electron chi connectivity index (χ0n) is 12.1. The van der Waals surface area contributed by atoms with Crippen LogP contribution in [0.4, 0.5) is 5.69 Å². The van der Waals surface area contributed by atoms with E-state index in [1.54, 1.807) is 28.9 Å². The van der Waals surface area contributed by atoms with E-state index in [0.717, 1.165) is 11.4 Å². The van der Waals surface area contributed by atoms with Crippen LogP contribution in [-0.2, 0) is 7.05 Å². The largest absolute Gasteiger partial charge is 0.489 e. The van der Waals surface area contributed by atoms with Gasteiger partial charge in [-0.1, -0.05) is 12.1 Å². The lowest BCUT2D eigenvalue weighted by molar-refractivity contribution is 0.117. The van der Waals surface area contributed by atoms with Gasteiger partial charge in [0.05, 0.1) is 16.9 Å². The molecule has 6 nitrogen and oxygen atoms in total. The number of ether oxygens (including phenoxy) is 1. The van der Waals surface area contributed by atoms with Gasteiger partial charge in [0.25, 0.3) is 0 Å². The molecule has 6 heteroatoms. The summed E-state index contributed by atoms with van der Waals surface area (Å²) >= 11 is 0. The normalized spacial score (nSPS) is 11.7. The summed E-state index contributed by atoms with van der Waals surface area (Å²) in [6, 6.07) is 9.01. The molecule has 1 aromatic heterocycles. The van der Waals surface area contributed by atoms with Gasteiger partial charge in [0, 0.05) is 19.8 Å². The Hall–Kier alpha value is -2.52. The molecule has 0 saturated heterocycles. The molecule has 0 bridgehead atoms. The summed E-state index contributed by atoms with van der Waals surface area (Å²) in [4.78, 5) is 0. The zero-order chi connectivity index (χ0) is 15.2. The fourth-order valence-corrected chi connectivity index (χ4v) is 1.93. The fraction of sp³-hybridized carbons (Fsp3) is 0.333. The first-order valence-electron chi connectivity index (χ1n) is 6.64. The number of aryl methyl sites for hydroxylation is 2. The quantitative estimate of drug-likeness (QED) is 0.840. The topological polar surface area (TPSA) is 83.1 Å². The number of hydrogen-bond acceptors (Lipinski definition) is 5. The third-order valence-corrected chi connectivity index (χ3v) is 2.98. The predicted molar refractivity (Wildman–Crippen MR) is 79.1 cm³/mol. The molecule has 0 amide bonds. The predicted octanol–water partition coefficient (Wildman–Crippen LogP) is 1.45. The number of para-hydroxylation sites is 1. The van der Waals surface area contributed by atoms with E-state index in [1.807, 2.05) is 20.2 Å². The molecule has 21 heavy (non-hydrogen) atoms. The van der Waals surface area contributed by atoms with E-state index in [0.29, 0.717) is 17.9 Å². The Morgan fingerprint density at radius 3 is 2.90 bits per heavy atom. The fourth-order valence-electron chi connectivity index (χ4n) is 1.93. The number of aliphatic hydroxyl groups is 1. The second-order valence-corrected chi connectivity index (χ2v) is 4.76. The molecule has 0 saturated carbocycles. The molecule has 2 aromatic rings. The van der Waals surface area contributed by atoms with E-state index in [9.17, 15) is 5.11 Å². The van der Waals surface area contributed by atoms with Crippen LogP contribution in [0.1, 0.15) is 11.3 Å². The van der Waals surface area contributed by atoms with Crippen molar-refractivity contribution in [1.29, 1.82) is 5.26 Å². The maximum absolute atomic E-state index is 9.94. The van der Waals surface area contributed by atoms with Gasteiger partial charge in [-0.2, -0.15) is 10.4 Å². The van der Waals surface area contributed by atoms with Gasteiger partial charge in [0.2, 0.25) is 0 Å². The van der Waals surface area contributed by atoms with Crippen LogP contribution >= 0.6 is 0 Å². The third kappa shape index (κ3) is 3.97. The Labute approximate surface area is 123 Å². The first-order chi connectivity index (χ1) is 10.1. The standard InChI is InChI=1S/C15H18N4O2/c1-11-14(9-19(2)18-11)17-8-13(20)10-21-15-6-4-3-5-12(15)7-16/h3-6,9,13,17,20H,8,10H2,1-2H3. The van der Waals surface area contributed by atoms with Gasteiger partial charge >= 0.3 is 0 Å². The molecule has 1 atom stereocenters. The summed E-state index contributed by atoms with van der Waals surface area (Å²) in [6.07, 6.45) is 1.17. The molecule has 0 aliphatic rings. The first kappa shape index (κ1) is 14.9. The van der Waals surface area contributed by atoms with Crippen molar-refractivity contribution in [2.45, 2.75) is 13.0 Å². The lowest BCUT2D eigenvalue weighted by atomic mass is 10.2. The van der Waals surface area contributed by atoms with Crippen LogP contribution in [0.3, 0.4) is 0 Å². The SMILES string of the molecule is Cc1nn(C)cc1NCC(O)COc1ccccc1C#N. The average Bonchev–Trinajstić information content (AvgIpc) is 2.81. The van der Waals surface area contributed by atoms with Crippen LogP contribution in [0.25, 0.3) is 0 Å². The van der Waals surface area contributed by atoms with Crippen LogP contribution in [-0.4, -0.2) is 34.1 Å². The van der Waals surface area contributed by atoms with Crippen molar-refractivity contribution < 1.29 is 9.84 Å². The van der Waals surface area contributed by atoms with Crippen LogP contribution in [0.15, 0.2) is 30.5 Å². The molecule has 2 rings (SSSR count). The Bertz CT molecular complexity index is 645. The Balaban J connectivity index is 1.84. The molecule has 1 aromatic carbocycles. The number of hydrogen-bond donors (Lipinski definition) is 2. The number of nitrogens with one attached hydrogen (secondary N) is 1. The highest BCUT2D eigenvalue weighted by atomic mass is 16.5. The summed E-state index contributed by atoms with van der Waals surface area (Å²) in [5.74, 6) is 0.483. The molecular formula is C15H18N4O2. The van der Waals surface area contributed by atoms with E-state index in [-0.39, 0.29) is 6.61 Å². The van der Waals surface area contributed by atoms with E-state index in [2.05, 4.69) is 16.5 Å². The summed E-state index contributed by atoms with van der Waals surface area (Å²) in [5.41, 5.74) is 2.22. The molecule has 0 aliphatic heterocycles. The Kier molecular flexibility index (Phi) is 4.80. The summed E-state index contributed by atoms with van der Waals surface area (Å²) in [5, 5.41) is 26.2. The van der Waals surface area contributed by atoms with Gasteiger partial charge < -0.3 is 15.2 Å². The number of rotatable bonds is 6. The minimum atomic E-state index is -0.684. The number of nitrogens with zero attached hydrogens (tertiary/aromatic N) is 3. The minimum Gasteiger partial charge on any atom is -0.489 e. The lowest BCUT2D eigenvalue weighted by Crippen LogP contribution is -2.26. The maximum Gasteiger partial charge on any atom is 0.137 e. The second kappa shape index (κ2) is 6.77. The lowest BCUT2D eigenvalue weighted by Gasteiger charge is -2.14. The number of benzene rings is 1. The zero-order valence-corrected chi connectivity index (χ0v) is 12.1. The van der Waals surface area contributed by atoms with Crippen molar-refractivity contribution in [1.82, 2.24) is 9.78 Å². The molecule has 2 N–H and O–H groups in total. The summed E-state index contributed by atoms with van der Waals surface area (Å²) in [6.45, 7) is 2.36. The molecule has 0 spiro atoms. The van der Waals surface area contributed by atoms with Gasteiger partial charge in [0.1, 0.15) is 24.5 Å². The molecule has 1 unspecified atom stereocenters. The van der Waals surface area contributed by atoms with Crippen LogP contribution < -0.4 is 10.1 Å². The van der Waals surface area contributed by atoms with Gasteiger partial charge in [-0.15, -0.1) is 0 Å². The number of anilines is 1. The van der Waals surface area contributed by atoms with Gasteiger partial charge in [-0.05, 0) is 19.1 Å². The maximum atomic E-state index is 9.94. The number of aliphatic hydroxyl groups excluding tert-OH is 1. The van der Waals surface area contributed by atoms with Crippen LogP contribution in [0.2, 0.25) is 0 Å². The van der Waals surface area contributed by atoms with Crippen molar-refractivity contribution >= 4 is 5.69 Å². The van der Waals surface area contributed by atoms with Gasteiger partial charge in [0.15, 0.2) is 0 Å². The van der Waals surface area contributed by atoms with Crippen molar-refractivity contribution in [2.75, 3.05) is 18.5 Å². The first-order valence-corrected chi connectivity index (χ1v) is 6.64. The Morgan fingerprint density at radius 2 is 2.24 bits per heavy atom. The summed E-state index contributed by atoms with van der Waals surface area (Å²) in [7, 11) is 1.84. The monoisotopic (exact) mass is 286 g/mol. The molecule has 0 aliphatic carbocycles.